The second kappa shape index (κ2) is 9.55. The minimum absolute atomic E-state index is 0.0135. The van der Waals surface area contributed by atoms with Crippen LogP contribution in [0.2, 0.25) is 0 Å². The lowest BCUT2D eigenvalue weighted by atomic mass is 9.99. The molecule has 1 spiro atoms. The van der Waals surface area contributed by atoms with Crippen molar-refractivity contribution < 1.29 is 19.0 Å². The van der Waals surface area contributed by atoms with Crippen molar-refractivity contribution in [3.63, 3.8) is 0 Å². The number of pyridine rings is 1. The summed E-state index contributed by atoms with van der Waals surface area (Å²) in [6, 6.07) is 11.6. The second-order valence-electron chi connectivity index (χ2n) is 7.99. The number of hydrogen-bond donors (Lipinski definition) is 1. The molecule has 2 fully saturated rings. The molecule has 7 nitrogen and oxygen atoms in total. The molecule has 160 valence electrons. The Bertz CT molecular complexity index is 847. The third-order valence-electron chi connectivity index (χ3n) is 5.77. The minimum Gasteiger partial charge on any atom is -0.496 e. The van der Waals surface area contributed by atoms with Gasteiger partial charge in [0.25, 0.3) is 5.91 Å². The summed E-state index contributed by atoms with van der Waals surface area (Å²) >= 11 is 0. The van der Waals surface area contributed by atoms with Crippen molar-refractivity contribution in [2.45, 2.75) is 31.1 Å². The van der Waals surface area contributed by atoms with Gasteiger partial charge in [0.15, 0.2) is 0 Å². The Morgan fingerprint density at radius 3 is 3.07 bits per heavy atom. The smallest absolute Gasteiger partial charge is 0.252 e. The summed E-state index contributed by atoms with van der Waals surface area (Å²) in [6.45, 7) is 4.21. The topological polar surface area (TPSA) is 72.9 Å². The first kappa shape index (κ1) is 20.8. The molecular weight excluding hydrogens is 382 g/mol. The normalized spacial score (nSPS) is 24.5. The van der Waals surface area contributed by atoms with Crippen LogP contribution < -0.4 is 10.1 Å². The Kier molecular flexibility index (Phi) is 6.62. The van der Waals surface area contributed by atoms with Crippen LogP contribution in [0.25, 0.3) is 0 Å². The molecule has 0 unspecified atom stereocenters. The summed E-state index contributed by atoms with van der Waals surface area (Å²) in [6.07, 6.45) is 5.03. The Balaban J connectivity index is 1.35. The molecule has 2 aliphatic rings. The molecule has 2 aliphatic heterocycles. The molecule has 0 aliphatic carbocycles. The monoisotopic (exact) mass is 411 g/mol. The zero-order valence-corrected chi connectivity index (χ0v) is 17.4. The highest BCUT2D eigenvalue weighted by Gasteiger charge is 2.43. The van der Waals surface area contributed by atoms with Crippen molar-refractivity contribution >= 4 is 5.91 Å². The van der Waals surface area contributed by atoms with Crippen LogP contribution >= 0.6 is 0 Å². The molecule has 2 atom stereocenters. The number of nitrogens with zero attached hydrogens (tertiary/aromatic N) is 2. The maximum atomic E-state index is 12.3. The fourth-order valence-corrected chi connectivity index (χ4v) is 4.26. The molecule has 1 N–H and O–H groups in total. The molecule has 2 saturated heterocycles. The van der Waals surface area contributed by atoms with Crippen molar-refractivity contribution in [3.8, 4) is 5.75 Å². The SMILES string of the molecule is COc1ccccc1CN1CCOC[C@@]2(CC[C@@H](CNC(=O)c3cccnc3)O2)C1. The summed E-state index contributed by atoms with van der Waals surface area (Å²) in [5, 5.41) is 2.97. The Labute approximate surface area is 177 Å². The van der Waals surface area contributed by atoms with Crippen LogP contribution in [0.3, 0.4) is 0 Å². The largest absolute Gasteiger partial charge is 0.496 e. The third-order valence-corrected chi connectivity index (χ3v) is 5.77. The van der Waals surface area contributed by atoms with Crippen molar-refractivity contribution in [3.05, 3.63) is 59.9 Å². The highest BCUT2D eigenvalue weighted by atomic mass is 16.6. The van der Waals surface area contributed by atoms with E-state index in [1.165, 1.54) is 0 Å². The summed E-state index contributed by atoms with van der Waals surface area (Å²) in [4.78, 5) is 18.7. The van der Waals surface area contributed by atoms with Gasteiger partial charge in [0, 0.05) is 44.1 Å². The predicted molar refractivity (Wildman–Crippen MR) is 112 cm³/mol. The number of aromatic nitrogens is 1. The van der Waals surface area contributed by atoms with E-state index in [0.29, 0.717) is 25.3 Å². The van der Waals surface area contributed by atoms with Gasteiger partial charge < -0.3 is 19.5 Å². The molecule has 2 aromatic rings. The van der Waals surface area contributed by atoms with Gasteiger partial charge in [0.05, 0.1) is 32.0 Å². The van der Waals surface area contributed by atoms with E-state index < -0.39 is 0 Å². The number of benzene rings is 1. The van der Waals surface area contributed by atoms with Crippen LogP contribution in [0.4, 0.5) is 0 Å². The summed E-state index contributed by atoms with van der Waals surface area (Å²) in [5.74, 6) is 0.780. The van der Waals surface area contributed by atoms with E-state index in [9.17, 15) is 4.79 Å². The molecule has 4 rings (SSSR count). The van der Waals surface area contributed by atoms with Gasteiger partial charge in [-0.2, -0.15) is 0 Å². The van der Waals surface area contributed by atoms with E-state index in [-0.39, 0.29) is 17.6 Å². The number of ether oxygens (including phenoxy) is 3. The number of nitrogens with one attached hydrogen (secondary N) is 1. The first-order valence-electron chi connectivity index (χ1n) is 10.5. The van der Waals surface area contributed by atoms with E-state index >= 15 is 0 Å². The van der Waals surface area contributed by atoms with Crippen molar-refractivity contribution in [2.75, 3.05) is 40.0 Å². The van der Waals surface area contributed by atoms with Gasteiger partial charge in [-0.3, -0.25) is 14.7 Å². The first-order valence-corrected chi connectivity index (χ1v) is 10.5. The quantitative estimate of drug-likeness (QED) is 0.786. The molecule has 1 aromatic carbocycles. The molecular formula is C23H29N3O4. The number of methoxy groups -OCH3 is 1. The van der Waals surface area contributed by atoms with Gasteiger partial charge in [-0.25, -0.2) is 0 Å². The number of para-hydroxylation sites is 1. The lowest BCUT2D eigenvalue weighted by Gasteiger charge is -2.32. The zero-order chi connectivity index (χ0) is 20.8. The van der Waals surface area contributed by atoms with Gasteiger partial charge in [-0.15, -0.1) is 0 Å². The van der Waals surface area contributed by atoms with Crippen molar-refractivity contribution in [1.29, 1.82) is 0 Å². The zero-order valence-electron chi connectivity index (χ0n) is 17.4. The third kappa shape index (κ3) is 4.98. The molecule has 7 heteroatoms. The first-order chi connectivity index (χ1) is 14.7. The van der Waals surface area contributed by atoms with E-state index in [0.717, 1.165) is 43.8 Å². The van der Waals surface area contributed by atoms with Crippen LogP contribution in [-0.4, -0.2) is 67.5 Å². The van der Waals surface area contributed by atoms with Crippen LogP contribution in [0.1, 0.15) is 28.8 Å². The van der Waals surface area contributed by atoms with Gasteiger partial charge >= 0.3 is 0 Å². The van der Waals surface area contributed by atoms with Crippen molar-refractivity contribution in [1.82, 2.24) is 15.2 Å². The number of carbonyl (C=O) groups is 1. The molecule has 3 heterocycles. The van der Waals surface area contributed by atoms with E-state index in [4.69, 9.17) is 14.2 Å². The number of hydrogen-bond acceptors (Lipinski definition) is 6. The van der Waals surface area contributed by atoms with Crippen LogP contribution in [0.5, 0.6) is 5.75 Å². The maximum Gasteiger partial charge on any atom is 0.252 e. The predicted octanol–water partition coefficient (Wildman–Crippen LogP) is 2.27. The Morgan fingerprint density at radius 1 is 1.33 bits per heavy atom. The number of rotatable bonds is 6. The molecule has 0 radical (unpaired) electrons. The summed E-state index contributed by atoms with van der Waals surface area (Å²) in [7, 11) is 1.70. The van der Waals surface area contributed by atoms with E-state index in [2.05, 4.69) is 21.3 Å². The fourth-order valence-electron chi connectivity index (χ4n) is 4.26. The van der Waals surface area contributed by atoms with E-state index in [1.807, 2.05) is 18.2 Å². The van der Waals surface area contributed by atoms with Gasteiger partial charge in [-0.05, 0) is 31.0 Å². The fraction of sp³-hybridized carbons (Fsp3) is 0.478. The highest BCUT2D eigenvalue weighted by Crippen LogP contribution is 2.33. The van der Waals surface area contributed by atoms with Gasteiger partial charge in [-0.1, -0.05) is 18.2 Å². The molecule has 1 aromatic heterocycles. The summed E-state index contributed by atoms with van der Waals surface area (Å²) < 4.78 is 17.9. The lowest BCUT2D eigenvalue weighted by Crippen LogP contribution is -2.45. The maximum absolute atomic E-state index is 12.3. The van der Waals surface area contributed by atoms with Gasteiger partial charge in [0.1, 0.15) is 11.4 Å². The number of amides is 1. The Hall–Kier alpha value is -2.48. The molecule has 0 saturated carbocycles. The Morgan fingerprint density at radius 2 is 2.23 bits per heavy atom. The minimum atomic E-state index is -0.331. The summed E-state index contributed by atoms with van der Waals surface area (Å²) in [5.41, 5.74) is 1.39. The van der Waals surface area contributed by atoms with Gasteiger partial charge in [0.2, 0.25) is 0 Å². The van der Waals surface area contributed by atoms with Crippen LogP contribution in [0, 0.1) is 0 Å². The average molecular weight is 412 g/mol. The molecule has 0 bridgehead atoms. The number of carbonyl (C=O) groups excluding carboxylic acids is 1. The van der Waals surface area contributed by atoms with Crippen LogP contribution in [-0.2, 0) is 16.0 Å². The molecule has 30 heavy (non-hydrogen) atoms. The van der Waals surface area contributed by atoms with Crippen LogP contribution in [0.15, 0.2) is 48.8 Å². The highest BCUT2D eigenvalue weighted by molar-refractivity contribution is 5.93. The average Bonchev–Trinajstić information content (AvgIpc) is 3.07. The van der Waals surface area contributed by atoms with E-state index in [1.54, 1.807) is 31.6 Å². The molecule has 1 amide bonds. The lowest BCUT2D eigenvalue weighted by molar-refractivity contribution is -0.0849. The second-order valence-corrected chi connectivity index (χ2v) is 7.99. The van der Waals surface area contributed by atoms with Crippen molar-refractivity contribution in [2.24, 2.45) is 0 Å². The standard InChI is InChI=1S/C23H29N3O4/c1-28-21-7-3-2-5-19(21)15-26-11-12-29-17-23(16-26)9-8-20(30-23)14-25-22(27)18-6-4-10-24-13-18/h2-7,10,13,20H,8-9,11-12,14-17H2,1H3,(H,25,27)/t20-,23+/m0/s1.